The van der Waals surface area contributed by atoms with Crippen LogP contribution in [0.1, 0.15) is 20.3 Å². The maximum absolute atomic E-state index is 12.1. The van der Waals surface area contributed by atoms with Crippen molar-refractivity contribution in [1.82, 2.24) is 10.2 Å². The van der Waals surface area contributed by atoms with Crippen LogP contribution < -0.4 is 10.6 Å². The summed E-state index contributed by atoms with van der Waals surface area (Å²) in [6.07, 6.45) is 1.16. The van der Waals surface area contributed by atoms with Crippen LogP contribution in [0.5, 0.6) is 0 Å². The first-order chi connectivity index (χ1) is 10.0. The maximum Gasteiger partial charge on any atom is 0.319 e. The Hall–Kier alpha value is -2.04. The van der Waals surface area contributed by atoms with Crippen molar-refractivity contribution in [3.8, 4) is 0 Å². The Balaban J connectivity index is 1.77. The number of piperidine rings is 1. The first kappa shape index (κ1) is 15.4. The van der Waals surface area contributed by atoms with Crippen molar-refractivity contribution in [3.05, 3.63) is 30.3 Å². The lowest BCUT2D eigenvalue weighted by molar-refractivity contribution is -0.132. The first-order valence-corrected chi connectivity index (χ1v) is 7.42. The van der Waals surface area contributed by atoms with E-state index >= 15 is 0 Å². The summed E-state index contributed by atoms with van der Waals surface area (Å²) in [5.74, 6) is 1.03. The number of carbonyl (C=O) groups is 2. The fourth-order valence-electron chi connectivity index (χ4n) is 2.83. The van der Waals surface area contributed by atoms with Crippen LogP contribution >= 0.6 is 0 Å². The smallest absolute Gasteiger partial charge is 0.319 e. The second kappa shape index (κ2) is 7.11. The van der Waals surface area contributed by atoms with Gasteiger partial charge in [0.05, 0.1) is 6.54 Å². The second-order valence-corrected chi connectivity index (χ2v) is 5.92. The zero-order valence-electron chi connectivity index (χ0n) is 12.6. The predicted molar refractivity (Wildman–Crippen MR) is 83.0 cm³/mol. The minimum Gasteiger partial charge on any atom is -0.341 e. The third kappa shape index (κ3) is 4.77. The molecule has 5 heteroatoms. The predicted octanol–water partition coefficient (Wildman–Crippen LogP) is 2.31. The number of rotatable bonds is 3. The average molecular weight is 289 g/mol. The molecule has 0 radical (unpaired) electrons. The monoisotopic (exact) mass is 289 g/mol. The molecule has 3 amide bonds. The molecule has 1 fully saturated rings. The van der Waals surface area contributed by atoms with Crippen molar-refractivity contribution in [3.63, 3.8) is 0 Å². The highest BCUT2D eigenvalue weighted by Gasteiger charge is 2.25. The van der Waals surface area contributed by atoms with E-state index in [4.69, 9.17) is 0 Å². The average Bonchev–Trinajstić information content (AvgIpc) is 2.45. The molecule has 0 spiro atoms. The van der Waals surface area contributed by atoms with Crippen LogP contribution in [0.2, 0.25) is 0 Å². The number of nitrogens with zero attached hydrogens (tertiary/aromatic N) is 1. The largest absolute Gasteiger partial charge is 0.341 e. The van der Waals surface area contributed by atoms with Crippen molar-refractivity contribution in [2.75, 3.05) is 25.0 Å². The van der Waals surface area contributed by atoms with E-state index in [9.17, 15) is 9.59 Å². The standard InChI is InChI=1S/C16H23N3O2/c1-12-8-13(2)11-19(10-12)15(20)9-17-16(21)18-14-6-4-3-5-7-14/h3-7,12-13H,8-11H2,1-2H3,(H2,17,18,21)/t12-,13-/m1/s1. The van der Waals surface area contributed by atoms with Gasteiger partial charge in [0.15, 0.2) is 0 Å². The van der Waals surface area contributed by atoms with Gasteiger partial charge in [0.25, 0.3) is 0 Å². The van der Waals surface area contributed by atoms with E-state index in [1.54, 1.807) is 12.1 Å². The zero-order chi connectivity index (χ0) is 15.2. The molecule has 0 unspecified atom stereocenters. The van der Waals surface area contributed by atoms with Crippen LogP contribution in [-0.4, -0.2) is 36.5 Å². The molecule has 0 aliphatic carbocycles. The van der Waals surface area contributed by atoms with Crippen LogP contribution in [0, 0.1) is 11.8 Å². The highest BCUT2D eigenvalue weighted by Crippen LogP contribution is 2.20. The van der Waals surface area contributed by atoms with Gasteiger partial charge in [0, 0.05) is 18.8 Å². The Morgan fingerprint density at radius 3 is 2.38 bits per heavy atom. The number of benzene rings is 1. The minimum absolute atomic E-state index is 0.0170. The van der Waals surface area contributed by atoms with Gasteiger partial charge in [0.2, 0.25) is 5.91 Å². The molecule has 1 aliphatic heterocycles. The molecular weight excluding hydrogens is 266 g/mol. The van der Waals surface area contributed by atoms with Gasteiger partial charge in [-0.05, 0) is 30.4 Å². The number of para-hydroxylation sites is 1. The van der Waals surface area contributed by atoms with Crippen molar-refractivity contribution >= 4 is 17.6 Å². The number of hydrogen-bond acceptors (Lipinski definition) is 2. The molecule has 1 aliphatic rings. The lowest BCUT2D eigenvalue weighted by atomic mass is 9.92. The normalized spacial score (nSPS) is 21.7. The molecule has 0 bridgehead atoms. The summed E-state index contributed by atoms with van der Waals surface area (Å²) >= 11 is 0. The topological polar surface area (TPSA) is 61.4 Å². The van der Waals surface area contributed by atoms with Gasteiger partial charge in [-0.15, -0.1) is 0 Å². The third-order valence-electron chi connectivity index (χ3n) is 3.65. The molecule has 1 aromatic carbocycles. The van der Waals surface area contributed by atoms with E-state index in [2.05, 4.69) is 24.5 Å². The molecule has 1 aromatic rings. The molecule has 0 saturated carbocycles. The van der Waals surface area contributed by atoms with E-state index in [1.807, 2.05) is 23.1 Å². The van der Waals surface area contributed by atoms with Crippen molar-refractivity contribution in [1.29, 1.82) is 0 Å². The number of anilines is 1. The Labute approximate surface area is 125 Å². The van der Waals surface area contributed by atoms with E-state index in [1.165, 1.54) is 0 Å². The van der Waals surface area contributed by atoms with Gasteiger partial charge in [-0.2, -0.15) is 0 Å². The minimum atomic E-state index is -0.354. The maximum atomic E-state index is 12.1. The third-order valence-corrected chi connectivity index (χ3v) is 3.65. The molecule has 1 heterocycles. The number of urea groups is 1. The zero-order valence-corrected chi connectivity index (χ0v) is 12.6. The molecule has 5 nitrogen and oxygen atoms in total. The molecule has 21 heavy (non-hydrogen) atoms. The van der Waals surface area contributed by atoms with Crippen molar-refractivity contribution in [2.24, 2.45) is 11.8 Å². The summed E-state index contributed by atoms with van der Waals surface area (Å²) in [5, 5.41) is 5.31. The quantitative estimate of drug-likeness (QED) is 0.897. The Bertz CT molecular complexity index is 480. The Morgan fingerprint density at radius 1 is 1.14 bits per heavy atom. The number of likely N-dealkylation sites (tertiary alicyclic amines) is 1. The van der Waals surface area contributed by atoms with E-state index < -0.39 is 0 Å². The molecule has 2 N–H and O–H groups in total. The van der Waals surface area contributed by atoms with Gasteiger partial charge in [-0.1, -0.05) is 32.0 Å². The summed E-state index contributed by atoms with van der Waals surface area (Å²) in [6.45, 7) is 5.92. The lowest BCUT2D eigenvalue weighted by Crippen LogP contribution is -2.47. The van der Waals surface area contributed by atoms with Crippen LogP contribution in [-0.2, 0) is 4.79 Å². The molecular formula is C16H23N3O2. The Morgan fingerprint density at radius 2 is 1.76 bits per heavy atom. The van der Waals surface area contributed by atoms with E-state index in [0.29, 0.717) is 17.5 Å². The Kier molecular flexibility index (Phi) is 5.20. The fraction of sp³-hybridized carbons (Fsp3) is 0.500. The first-order valence-electron chi connectivity index (χ1n) is 7.42. The van der Waals surface area contributed by atoms with Gasteiger partial charge in [-0.3, -0.25) is 4.79 Å². The van der Waals surface area contributed by atoms with Crippen molar-refractivity contribution in [2.45, 2.75) is 20.3 Å². The van der Waals surface area contributed by atoms with Crippen LogP contribution in [0.4, 0.5) is 10.5 Å². The highest BCUT2D eigenvalue weighted by molar-refractivity contribution is 5.92. The van der Waals surface area contributed by atoms with Gasteiger partial charge < -0.3 is 15.5 Å². The van der Waals surface area contributed by atoms with Crippen LogP contribution in [0.25, 0.3) is 0 Å². The number of hydrogen-bond donors (Lipinski definition) is 2. The fourth-order valence-corrected chi connectivity index (χ4v) is 2.83. The second-order valence-electron chi connectivity index (χ2n) is 5.92. The summed E-state index contributed by atoms with van der Waals surface area (Å²) in [5.41, 5.74) is 0.711. The lowest BCUT2D eigenvalue weighted by Gasteiger charge is -2.35. The molecule has 1 saturated heterocycles. The molecule has 2 atom stereocenters. The molecule has 0 aromatic heterocycles. The van der Waals surface area contributed by atoms with Crippen LogP contribution in [0.15, 0.2) is 30.3 Å². The van der Waals surface area contributed by atoms with Gasteiger partial charge in [-0.25, -0.2) is 4.79 Å². The highest BCUT2D eigenvalue weighted by atomic mass is 16.2. The number of carbonyl (C=O) groups excluding carboxylic acids is 2. The van der Waals surface area contributed by atoms with Gasteiger partial charge in [0.1, 0.15) is 0 Å². The molecule has 114 valence electrons. The summed E-state index contributed by atoms with van der Waals surface area (Å²) in [6, 6.07) is 8.82. The van der Waals surface area contributed by atoms with Crippen molar-refractivity contribution < 1.29 is 9.59 Å². The number of amides is 3. The summed E-state index contributed by atoms with van der Waals surface area (Å²) in [7, 11) is 0. The van der Waals surface area contributed by atoms with E-state index in [0.717, 1.165) is 19.5 Å². The van der Waals surface area contributed by atoms with Gasteiger partial charge >= 0.3 is 6.03 Å². The SMILES string of the molecule is C[C@@H]1C[C@@H](C)CN(C(=O)CNC(=O)Nc2ccccc2)C1. The molecule has 2 rings (SSSR count). The number of nitrogens with one attached hydrogen (secondary N) is 2. The summed E-state index contributed by atoms with van der Waals surface area (Å²) in [4.78, 5) is 25.7. The summed E-state index contributed by atoms with van der Waals surface area (Å²) < 4.78 is 0. The van der Waals surface area contributed by atoms with Crippen LogP contribution in [0.3, 0.4) is 0 Å². The van der Waals surface area contributed by atoms with E-state index in [-0.39, 0.29) is 18.5 Å².